The van der Waals surface area contributed by atoms with E-state index in [2.05, 4.69) is 41.7 Å². The van der Waals surface area contributed by atoms with E-state index in [1.54, 1.807) is 11.8 Å². The number of hydrogen-bond donors (Lipinski definition) is 2. The standard InChI is InChI=1S/C15H15NS2.H3N/c17-15(16-11-13-7-3-1-4-8-13)18-12-14-9-5-2-6-10-14;/h1-10H,11-12H2,(H,16,17);1H3. The molecule has 2 nitrogen and oxygen atoms in total. The predicted octanol–water partition coefficient (Wildman–Crippen LogP) is 4.16. The summed E-state index contributed by atoms with van der Waals surface area (Å²) >= 11 is 6.97. The van der Waals surface area contributed by atoms with Crippen LogP contribution in [0.15, 0.2) is 60.7 Å². The van der Waals surface area contributed by atoms with Crippen LogP contribution in [0, 0.1) is 0 Å². The molecule has 0 aliphatic heterocycles. The van der Waals surface area contributed by atoms with E-state index in [4.69, 9.17) is 12.2 Å². The molecule has 0 aromatic heterocycles. The number of thioether (sulfide) groups is 1. The van der Waals surface area contributed by atoms with Gasteiger partial charge in [0.05, 0.1) is 0 Å². The molecule has 19 heavy (non-hydrogen) atoms. The van der Waals surface area contributed by atoms with Crippen molar-refractivity contribution in [1.82, 2.24) is 11.5 Å². The van der Waals surface area contributed by atoms with Crippen LogP contribution in [0.25, 0.3) is 0 Å². The highest BCUT2D eigenvalue weighted by atomic mass is 32.2. The minimum absolute atomic E-state index is 0. The Morgan fingerprint density at radius 3 is 2.00 bits per heavy atom. The van der Waals surface area contributed by atoms with Crippen LogP contribution < -0.4 is 11.5 Å². The fourth-order valence-electron chi connectivity index (χ4n) is 1.54. The Balaban J connectivity index is 0.00000180. The molecule has 100 valence electrons. The van der Waals surface area contributed by atoms with E-state index >= 15 is 0 Å². The first-order chi connectivity index (χ1) is 8.84. The summed E-state index contributed by atoms with van der Waals surface area (Å²) in [6.45, 7) is 0.793. The molecule has 2 rings (SSSR count). The van der Waals surface area contributed by atoms with Crippen LogP contribution in [-0.2, 0) is 12.3 Å². The highest BCUT2D eigenvalue weighted by Crippen LogP contribution is 2.12. The Morgan fingerprint density at radius 2 is 1.42 bits per heavy atom. The van der Waals surface area contributed by atoms with E-state index in [0.29, 0.717) is 0 Å². The van der Waals surface area contributed by atoms with Gasteiger partial charge in [0.25, 0.3) is 0 Å². The van der Waals surface area contributed by atoms with Crippen molar-refractivity contribution in [2.75, 3.05) is 0 Å². The lowest BCUT2D eigenvalue weighted by molar-refractivity contribution is 0.939. The topological polar surface area (TPSA) is 47.0 Å². The van der Waals surface area contributed by atoms with Gasteiger partial charge in [-0.3, -0.25) is 0 Å². The van der Waals surface area contributed by atoms with E-state index in [-0.39, 0.29) is 6.15 Å². The molecule has 0 unspecified atom stereocenters. The lowest BCUT2D eigenvalue weighted by atomic mass is 10.2. The molecule has 0 aliphatic rings. The molecule has 2 aromatic carbocycles. The Morgan fingerprint density at radius 1 is 0.895 bits per heavy atom. The number of thiocarbonyl (C=S) groups is 1. The summed E-state index contributed by atoms with van der Waals surface area (Å²) in [6, 6.07) is 20.7. The van der Waals surface area contributed by atoms with E-state index < -0.39 is 0 Å². The Bertz CT molecular complexity index is 441. The van der Waals surface area contributed by atoms with Gasteiger partial charge in [0.15, 0.2) is 0 Å². The van der Waals surface area contributed by atoms with Crippen molar-refractivity contribution in [2.45, 2.75) is 12.3 Å². The monoisotopic (exact) mass is 290 g/mol. The second-order valence-corrected chi connectivity index (χ2v) is 5.55. The second-order valence-electron chi connectivity index (χ2n) is 3.90. The molecular weight excluding hydrogens is 272 g/mol. The van der Waals surface area contributed by atoms with Crippen molar-refractivity contribution in [3.63, 3.8) is 0 Å². The molecule has 0 aliphatic carbocycles. The molecule has 0 bridgehead atoms. The van der Waals surface area contributed by atoms with Gasteiger partial charge in [0.1, 0.15) is 4.32 Å². The first-order valence-corrected chi connectivity index (χ1v) is 7.22. The van der Waals surface area contributed by atoms with E-state index in [1.807, 2.05) is 24.3 Å². The van der Waals surface area contributed by atoms with Gasteiger partial charge in [-0.2, -0.15) is 0 Å². The third-order valence-electron chi connectivity index (χ3n) is 2.49. The van der Waals surface area contributed by atoms with Crippen molar-refractivity contribution in [1.29, 1.82) is 0 Å². The zero-order chi connectivity index (χ0) is 12.6. The SMILES string of the molecule is N.S=C(NCc1ccccc1)SCc1ccccc1. The Labute approximate surface area is 124 Å². The maximum absolute atomic E-state index is 5.30. The van der Waals surface area contributed by atoms with Crippen molar-refractivity contribution in [2.24, 2.45) is 0 Å². The molecule has 0 spiro atoms. The van der Waals surface area contributed by atoms with E-state index in [1.165, 1.54) is 11.1 Å². The van der Waals surface area contributed by atoms with Crippen LogP contribution in [-0.4, -0.2) is 4.32 Å². The molecule has 4 N–H and O–H groups in total. The quantitative estimate of drug-likeness (QED) is 0.830. The molecule has 0 atom stereocenters. The summed E-state index contributed by atoms with van der Waals surface area (Å²) in [4.78, 5) is 0. The summed E-state index contributed by atoms with van der Waals surface area (Å²) in [5, 5.41) is 3.26. The van der Waals surface area contributed by atoms with Crippen LogP contribution in [0.3, 0.4) is 0 Å². The van der Waals surface area contributed by atoms with Crippen LogP contribution in [0.1, 0.15) is 11.1 Å². The van der Waals surface area contributed by atoms with Gasteiger partial charge in [0, 0.05) is 12.3 Å². The van der Waals surface area contributed by atoms with Crippen LogP contribution >= 0.6 is 24.0 Å². The minimum Gasteiger partial charge on any atom is -0.367 e. The van der Waals surface area contributed by atoms with Crippen molar-refractivity contribution in [3.05, 3.63) is 71.8 Å². The summed E-state index contributed by atoms with van der Waals surface area (Å²) in [5.41, 5.74) is 2.55. The highest BCUT2D eigenvalue weighted by molar-refractivity contribution is 8.22. The third-order valence-corrected chi connectivity index (χ3v) is 3.87. The normalized spacial score (nSPS) is 9.47. The predicted molar refractivity (Wildman–Crippen MR) is 88.6 cm³/mol. The first-order valence-electron chi connectivity index (χ1n) is 5.83. The highest BCUT2D eigenvalue weighted by Gasteiger charge is 1.98. The summed E-state index contributed by atoms with van der Waals surface area (Å²) < 4.78 is 0.850. The average Bonchev–Trinajstić information content (AvgIpc) is 2.45. The zero-order valence-corrected chi connectivity index (χ0v) is 12.3. The van der Waals surface area contributed by atoms with Gasteiger partial charge < -0.3 is 11.5 Å². The molecule has 0 saturated carbocycles. The number of nitrogens with one attached hydrogen (secondary N) is 1. The summed E-state index contributed by atoms with van der Waals surface area (Å²) in [7, 11) is 0. The zero-order valence-electron chi connectivity index (χ0n) is 10.7. The summed E-state index contributed by atoms with van der Waals surface area (Å²) in [6.07, 6.45) is 0. The van der Waals surface area contributed by atoms with Gasteiger partial charge in [0.2, 0.25) is 0 Å². The number of benzene rings is 2. The van der Waals surface area contributed by atoms with Crippen LogP contribution in [0.4, 0.5) is 0 Å². The average molecular weight is 290 g/mol. The van der Waals surface area contributed by atoms with Crippen LogP contribution in [0.5, 0.6) is 0 Å². The Hall–Kier alpha value is -1.36. The maximum atomic E-state index is 5.30. The summed E-state index contributed by atoms with van der Waals surface area (Å²) in [5.74, 6) is 0.918. The van der Waals surface area contributed by atoms with Gasteiger partial charge >= 0.3 is 0 Å². The molecular formula is C15H18N2S2. The Kier molecular flexibility index (Phi) is 7.18. The fourth-order valence-corrected chi connectivity index (χ4v) is 2.46. The smallest absolute Gasteiger partial charge is 0.134 e. The van der Waals surface area contributed by atoms with Gasteiger partial charge in [-0.05, 0) is 11.1 Å². The van der Waals surface area contributed by atoms with E-state index in [9.17, 15) is 0 Å². The molecule has 0 amide bonds. The maximum Gasteiger partial charge on any atom is 0.134 e. The lowest BCUT2D eigenvalue weighted by Crippen LogP contribution is -2.17. The largest absolute Gasteiger partial charge is 0.367 e. The van der Waals surface area contributed by atoms with Crippen molar-refractivity contribution in [3.8, 4) is 0 Å². The van der Waals surface area contributed by atoms with E-state index in [0.717, 1.165) is 16.6 Å². The number of hydrogen-bond acceptors (Lipinski definition) is 3. The third kappa shape index (κ3) is 5.87. The lowest BCUT2D eigenvalue weighted by Gasteiger charge is -2.07. The van der Waals surface area contributed by atoms with Gasteiger partial charge in [-0.15, -0.1) is 0 Å². The molecule has 0 heterocycles. The molecule has 2 aromatic rings. The second kappa shape index (κ2) is 8.69. The molecule has 0 fully saturated rings. The first kappa shape index (κ1) is 15.7. The van der Waals surface area contributed by atoms with Gasteiger partial charge in [-0.25, -0.2) is 0 Å². The fraction of sp³-hybridized carbons (Fsp3) is 0.133. The van der Waals surface area contributed by atoms with Crippen molar-refractivity contribution < 1.29 is 0 Å². The minimum atomic E-state index is 0. The van der Waals surface area contributed by atoms with Crippen molar-refractivity contribution >= 4 is 28.3 Å². The number of rotatable bonds is 4. The van der Waals surface area contributed by atoms with Crippen LogP contribution in [0.2, 0.25) is 0 Å². The molecule has 0 radical (unpaired) electrons. The molecule has 0 saturated heterocycles. The van der Waals surface area contributed by atoms with Gasteiger partial charge in [-0.1, -0.05) is 84.6 Å². The molecule has 4 heteroatoms.